The van der Waals surface area contributed by atoms with Crippen molar-refractivity contribution in [2.45, 2.75) is 25.3 Å². The van der Waals surface area contributed by atoms with Crippen molar-refractivity contribution in [1.29, 1.82) is 0 Å². The molecule has 0 radical (unpaired) electrons. The molecule has 2 aliphatic rings. The normalized spacial score (nSPS) is 18.1. The van der Waals surface area contributed by atoms with Gasteiger partial charge in [-0.1, -0.05) is 70.9 Å². The van der Waals surface area contributed by atoms with Crippen molar-refractivity contribution in [3.8, 4) is 0 Å². The van der Waals surface area contributed by atoms with E-state index < -0.39 is 4.92 Å². The highest BCUT2D eigenvalue weighted by molar-refractivity contribution is 7.07. The van der Waals surface area contributed by atoms with Crippen LogP contribution in [0.3, 0.4) is 0 Å². The molecule has 0 amide bonds. The SMILES string of the molecule is O=c1/c(=C\c2ccccc2[N+](=O)[O-])sc2n1[C@H](c1ccc(Cl)cc1)C1=C(N=2)/C(=C\c2ccc(Cl)cc2)CCC1. The van der Waals surface area contributed by atoms with Crippen molar-refractivity contribution in [1.82, 2.24) is 4.57 Å². The molecular weight excluding hydrogens is 553 g/mol. The molecule has 39 heavy (non-hydrogen) atoms. The lowest BCUT2D eigenvalue weighted by Gasteiger charge is -2.31. The predicted octanol–water partition coefficient (Wildman–Crippen LogP) is 6.70. The summed E-state index contributed by atoms with van der Waals surface area (Å²) in [6, 6.07) is 21.3. The molecule has 0 saturated carbocycles. The van der Waals surface area contributed by atoms with Gasteiger partial charge in [0.25, 0.3) is 11.2 Å². The van der Waals surface area contributed by atoms with Crippen molar-refractivity contribution in [2.24, 2.45) is 4.99 Å². The highest BCUT2D eigenvalue weighted by Crippen LogP contribution is 2.41. The molecular formula is C30H21Cl2N3O3S. The van der Waals surface area contributed by atoms with Crippen LogP contribution in [0.2, 0.25) is 10.0 Å². The number of hydrogen-bond donors (Lipinski definition) is 0. The second-order valence-corrected chi connectivity index (χ2v) is 11.3. The van der Waals surface area contributed by atoms with E-state index in [4.69, 9.17) is 28.2 Å². The zero-order chi connectivity index (χ0) is 27.1. The molecule has 1 atom stereocenters. The average Bonchev–Trinajstić information content (AvgIpc) is 3.24. The van der Waals surface area contributed by atoms with Gasteiger partial charge in [0.2, 0.25) is 0 Å². The summed E-state index contributed by atoms with van der Waals surface area (Å²) in [5, 5.41) is 12.9. The minimum Gasteiger partial charge on any atom is -0.272 e. The Morgan fingerprint density at radius 1 is 0.949 bits per heavy atom. The molecule has 1 aliphatic heterocycles. The Kier molecular flexibility index (Phi) is 6.81. The molecule has 4 aromatic rings. The number of thiazole rings is 1. The summed E-state index contributed by atoms with van der Waals surface area (Å²) in [4.78, 5) is 30.6. The second kappa shape index (κ2) is 10.4. The number of nitro benzene ring substituents is 1. The molecule has 0 spiro atoms. The summed E-state index contributed by atoms with van der Waals surface area (Å²) in [5.41, 5.74) is 5.15. The first-order valence-corrected chi connectivity index (χ1v) is 14.0. The molecule has 194 valence electrons. The first-order chi connectivity index (χ1) is 18.9. The van der Waals surface area contributed by atoms with Gasteiger partial charge in [-0.3, -0.25) is 19.5 Å². The third kappa shape index (κ3) is 4.89. The van der Waals surface area contributed by atoms with Gasteiger partial charge >= 0.3 is 0 Å². The van der Waals surface area contributed by atoms with Gasteiger partial charge in [0.15, 0.2) is 4.80 Å². The number of nitrogens with zero attached hydrogens (tertiary/aromatic N) is 3. The van der Waals surface area contributed by atoms with Crippen LogP contribution >= 0.6 is 34.5 Å². The molecule has 0 fully saturated rings. The second-order valence-electron chi connectivity index (χ2n) is 9.40. The topological polar surface area (TPSA) is 77.5 Å². The fourth-order valence-electron chi connectivity index (χ4n) is 5.18. The van der Waals surface area contributed by atoms with E-state index in [0.717, 1.165) is 47.2 Å². The molecule has 0 saturated heterocycles. The lowest BCUT2D eigenvalue weighted by Crippen LogP contribution is -2.39. The van der Waals surface area contributed by atoms with Crippen LogP contribution in [0, 0.1) is 10.1 Å². The number of nitro groups is 1. The van der Waals surface area contributed by atoms with Crippen LogP contribution in [-0.4, -0.2) is 9.49 Å². The zero-order valence-corrected chi connectivity index (χ0v) is 22.8. The van der Waals surface area contributed by atoms with Gasteiger partial charge < -0.3 is 0 Å². The van der Waals surface area contributed by atoms with Crippen LogP contribution in [0.1, 0.15) is 42.0 Å². The van der Waals surface area contributed by atoms with Crippen molar-refractivity contribution in [2.75, 3.05) is 0 Å². The lowest BCUT2D eigenvalue weighted by molar-refractivity contribution is -0.385. The Balaban J connectivity index is 1.58. The van der Waals surface area contributed by atoms with E-state index in [2.05, 4.69) is 6.08 Å². The van der Waals surface area contributed by atoms with Gasteiger partial charge in [0, 0.05) is 16.1 Å². The smallest absolute Gasteiger partial charge is 0.272 e. The highest BCUT2D eigenvalue weighted by atomic mass is 35.5. The van der Waals surface area contributed by atoms with Crippen LogP contribution in [0.25, 0.3) is 12.2 Å². The summed E-state index contributed by atoms with van der Waals surface area (Å²) in [5.74, 6) is 0. The van der Waals surface area contributed by atoms with Crippen molar-refractivity contribution in [3.63, 3.8) is 0 Å². The molecule has 2 heterocycles. The zero-order valence-electron chi connectivity index (χ0n) is 20.5. The first-order valence-electron chi connectivity index (χ1n) is 12.4. The number of benzene rings is 3. The van der Waals surface area contributed by atoms with Crippen molar-refractivity contribution < 1.29 is 4.92 Å². The fourth-order valence-corrected chi connectivity index (χ4v) is 6.42. The van der Waals surface area contributed by atoms with Crippen LogP contribution in [0.15, 0.2) is 99.4 Å². The number of hydrogen-bond acceptors (Lipinski definition) is 5. The molecule has 6 rings (SSSR count). The van der Waals surface area contributed by atoms with E-state index in [0.29, 0.717) is 24.9 Å². The molecule has 0 unspecified atom stereocenters. The van der Waals surface area contributed by atoms with E-state index >= 15 is 0 Å². The number of allylic oxidation sites excluding steroid dienone is 2. The van der Waals surface area contributed by atoms with Crippen molar-refractivity contribution in [3.05, 3.63) is 146 Å². The van der Waals surface area contributed by atoms with E-state index in [1.54, 1.807) is 28.8 Å². The largest absolute Gasteiger partial charge is 0.276 e. The van der Waals surface area contributed by atoms with Gasteiger partial charge in [-0.05, 0) is 84.0 Å². The molecule has 0 N–H and O–H groups in total. The maximum Gasteiger partial charge on any atom is 0.276 e. The lowest BCUT2D eigenvalue weighted by atomic mass is 9.84. The Bertz CT molecular complexity index is 1850. The molecule has 6 nitrogen and oxygen atoms in total. The Labute approximate surface area is 237 Å². The monoisotopic (exact) mass is 573 g/mol. The Morgan fingerprint density at radius 2 is 1.64 bits per heavy atom. The Hall–Kier alpha value is -3.78. The van der Waals surface area contributed by atoms with E-state index in [-0.39, 0.29) is 17.3 Å². The van der Waals surface area contributed by atoms with Gasteiger partial charge in [0.05, 0.1) is 26.8 Å². The van der Waals surface area contributed by atoms with Crippen LogP contribution < -0.4 is 14.9 Å². The first kappa shape index (κ1) is 25.5. The molecule has 1 aliphatic carbocycles. The number of halogens is 2. The number of para-hydroxylation sites is 1. The van der Waals surface area contributed by atoms with Crippen LogP contribution in [-0.2, 0) is 0 Å². The summed E-state index contributed by atoms with van der Waals surface area (Å²) >= 11 is 13.5. The van der Waals surface area contributed by atoms with Crippen molar-refractivity contribution >= 4 is 52.4 Å². The van der Waals surface area contributed by atoms with Gasteiger partial charge in [-0.15, -0.1) is 0 Å². The summed E-state index contributed by atoms with van der Waals surface area (Å²) in [7, 11) is 0. The number of aromatic nitrogens is 1. The third-order valence-electron chi connectivity index (χ3n) is 6.95. The standard InChI is InChI=1S/C30H21Cl2N3O3S/c31-22-12-8-18(9-13-22)16-21-5-3-6-24-27(21)33-30-34(28(24)19-10-14-23(32)15-11-19)29(36)26(39-30)17-20-4-1-2-7-25(20)35(37)38/h1-2,4,7-17,28H,3,5-6H2/b21-16-,26-17+/t28-/m1/s1. The minimum atomic E-state index is -0.439. The maximum atomic E-state index is 13.9. The number of fused-ring (bicyclic) bond motifs is 1. The average molecular weight is 574 g/mol. The maximum absolute atomic E-state index is 13.9. The summed E-state index contributed by atoms with van der Waals surface area (Å²) in [6.07, 6.45) is 6.32. The van der Waals surface area contributed by atoms with Crippen LogP contribution in [0.4, 0.5) is 5.69 Å². The van der Waals surface area contributed by atoms with E-state index in [1.807, 2.05) is 48.5 Å². The van der Waals surface area contributed by atoms with Gasteiger partial charge in [0.1, 0.15) is 0 Å². The third-order valence-corrected chi connectivity index (χ3v) is 8.44. The molecule has 3 aromatic carbocycles. The predicted molar refractivity (Wildman–Crippen MR) is 156 cm³/mol. The van der Waals surface area contributed by atoms with E-state index in [9.17, 15) is 14.9 Å². The van der Waals surface area contributed by atoms with Gasteiger partial charge in [-0.2, -0.15) is 0 Å². The molecule has 1 aromatic heterocycles. The van der Waals surface area contributed by atoms with E-state index in [1.165, 1.54) is 17.4 Å². The fraction of sp³-hybridized carbons (Fsp3) is 0.133. The highest BCUT2D eigenvalue weighted by Gasteiger charge is 2.32. The Morgan fingerprint density at radius 3 is 2.36 bits per heavy atom. The number of rotatable bonds is 4. The molecule has 9 heteroatoms. The minimum absolute atomic E-state index is 0.0509. The molecule has 0 bridgehead atoms. The summed E-state index contributed by atoms with van der Waals surface area (Å²) < 4.78 is 2.11. The van der Waals surface area contributed by atoms with Crippen LogP contribution in [0.5, 0.6) is 0 Å². The quantitative estimate of drug-likeness (QED) is 0.201. The van der Waals surface area contributed by atoms with Gasteiger partial charge in [-0.25, -0.2) is 4.99 Å². The summed E-state index contributed by atoms with van der Waals surface area (Å²) in [6.45, 7) is 0.